The number of amides is 1. The lowest BCUT2D eigenvalue weighted by Gasteiger charge is -2.32. The van der Waals surface area contributed by atoms with Gasteiger partial charge in [0.2, 0.25) is 10.0 Å². The maximum Gasteiger partial charge on any atom is 0.408 e. The van der Waals surface area contributed by atoms with Crippen molar-refractivity contribution < 1.29 is 17.9 Å². The SMILES string of the molecule is CCNC(=NCC(CC)(CC)NC(=O)OC(C)(C)C)NCCCN(C)S(=O)(=O)CC. The van der Waals surface area contributed by atoms with Crippen molar-refractivity contribution in [2.75, 3.05) is 39.0 Å². The number of sulfonamides is 1. The van der Waals surface area contributed by atoms with Crippen molar-refractivity contribution >= 4 is 22.1 Å². The Bertz CT molecular complexity index is 640. The summed E-state index contributed by atoms with van der Waals surface area (Å²) in [4.78, 5) is 16.9. The van der Waals surface area contributed by atoms with Crippen molar-refractivity contribution in [2.24, 2.45) is 4.99 Å². The molecule has 0 spiro atoms. The number of alkyl carbamates (subject to hydrolysis) is 1. The summed E-state index contributed by atoms with van der Waals surface area (Å²) in [6, 6.07) is 0. The molecule has 0 atom stereocenters. The van der Waals surface area contributed by atoms with Crippen molar-refractivity contribution in [3.05, 3.63) is 0 Å². The van der Waals surface area contributed by atoms with E-state index in [2.05, 4.69) is 20.9 Å². The fraction of sp³-hybridized carbons (Fsp3) is 0.900. The van der Waals surface area contributed by atoms with E-state index in [1.807, 2.05) is 41.5 Å². The molecule has 0 fully saturated rings. The van der Waals surface area contributed by atoms with Gasteiger partial charge in [0, 0.05) is 26.7 Å². The van der Waals surface area contributed by atoms with Crippen LogP contribution in [0.2, 0.25) is 0 Å². The van der Waals surface area contributed by atoms with Gasteiger partial charge < -0.3 is 20.7 Å². The molecule has 0 saturated heterocycles. The Labute approximate surface area is 183 Å². The molecule has 0 aliphatic carbocycles. The number of hydrogen-bond acceptors (Lipinski definition) is 5. The third-order valence-corrected chi connectivity index (χ3v) is 6.65. The molecule has 3 N–H and O–H groups in total. The molecular weight excluding hydrogens is 406 g/mol. The first-order chi connectivity index (χ1) is 13.8. The van der Waals surface area contributed by atoms with E-state index in [1.165, 1.54) is 4.31 Å². The Morgan fingerprint density at radius 1 is 1.07 bits per heavy atom. The monoisotopic (exact) mass is 449 g/mol. The van der Waals surface area contributed by atoms with Crippen molar-refractivity contribution in [3.8, 4) is 0 Å². The van der Waals surface area contributed by atoms with Gasteiger partial charge in [0.05, 0.1) is 17.8 Å². The quantitative estimate of drug-likeness (QED) is 0.239. The fourth-order valence-corrected chi connectivity index (χ4v) is 3.50. The Morgan fingerprint density at radius 2 is 1.67 bits per heavy atom. The average Bonchev–Trinajstić information content (AvgIpc) is 2.66. The Morgan fingerprint density at radius 3 is 2.13 bits per heavy atom. The molecule has 0 rings (SSSR count). The van der Waals surface area contributed by atoms with Gasteiger partial charge in [0.25, 0.3) is 0 Å². The summed E-state index contributed by atoms with van der Waals surface area (Å²) in [5.41, 5.74) is -1.06. The summed E-state index contributed by atoms with van der Waals surface area (Å²) in [5.74, 6) is 0.734. The third-order valence-electron chi connectivity index (χ3n) is 4.79. The van der Waals surface area contributed by atoms with Gasteiger partial charge in [-0.2, -0.15) is 0 Å². The minimum absolute atomic E-state index is 0.0990. The van der Waals surface area contributed by atoms with E-state index in [4.69, 9.17) is 4.74 Å². The number of aliphatic imine (C=N–C) groups is 1. The first-order valence-corrected chi connectivity index (χ1v) is 12.4. The van der Waals surface area contributed by atoms with E-state index in [9.17, 15) is 13.2 Å². The highest BCUT2D eigenvalue weighted by Gasteiger charge is 2.30. The van der Waals surface area contributed by atoms with Gasteiger partial charge in [-0.3, -0.25) is 4.99 Å². The molecule has 0 radical (unpaired) electrons. The van der Waals surface area contributed by atoms with Crippen molar-refractivity contribution in [2.45, 2.75) is 78.9 Å². The van der Waals surface area contributed by atoms with Crippen LogP contribution >= 0.6 is 0 Å². The first kappa shape index (κ1) is 28.5. The molecular formula is C20H43N5O4S. The molecule has 0 aliphatic heterocycles. The normalized spacial score (nSPS) is 13.3. The molecule has 0 bridgehead atoms. The van der Waals surface area contributed by atoms with Crippen LogP contribution in [-0.4, -0.2) is 74.9 Å². The van der Waals surface area contributed by atoms with Crippen LogP contribution in [0.3, 0.4) is 0 Å². The average molecular weight is 450 g/mol. The topological polar surface area (TPSA) is 112 Å². The van der Waals surface area contributed by atoms with E-state index < -0.39 is 27.3 Å². The van der Waals surface area contributed by atoms with Gasteiger partial charge in [-0.25, -0.2) is 17.5 Å². The highest BCUT2D eigenvalue weighted by molar-refractivity contribution is 7.89. The number of hydrogen-bond donors (Lipinski definition) is 3. The molecule has 0 saturated carbocycles. The van der Waals surface area contributed by atoms with Crippen LogP contribution in [-0.2, 0) is 14.8 Å². The summed E-state index contributed by atoms with van der Waals surface area (Å²) in [6.45, 7) is 15.3. The predicted molar refractivity (Wildman–Crippen MR) is 123 cm³/mol. The number of rotatable bonds is 12. The summed E-state index contributed by atoms with van der Waals surface area (Å²) >= 11 is 0. The molecule has 9 nitrogen and oxygen atoms in total. The maximum atomic E-state index is 12.3. The molecule has 178 valence electrons. The van der Waals surface area contributed by atoms with Crippen LogP contribution in [0.25, 0.3) is 0 Å². The highest BCUT2D eigenvalue weighted by atomic mass is 32.2. The van der Waals surface area contributed by atoms with E-state index in [1.54, 1.807) is 14.0 Å². The Hall–Kier alpha value is -1.55. The summed E-state index contributed by atoms with van der Waals surface area (Å²) < 4.78 is 30.4. The molecule has 0 aromatic rings. The van der Waals surface area contributed by atoms with Crippen LogP contribution in [0, 0.1) is 0 Å². The van der Waals surface area contributed by atoms with Crippen LogP contribution in [0.1, 0.15) is 67.7 Å². The zero-order chi connectivity index (χ0) is 23.4. The van der Waals surface area contributed by atoms with Gasteiger partial charge in [0.1, 0.15) is 5.60 Å². The summed E-state index contributed by atoms with van der Waals surface area (Å²) in [6.07, 6.45) is 1.64. The number of carbonyl (C=O) groups is 1. The van der Waals surface area contributed by atoms with E-state index in [-0.39, 0.29) is 5.75 Å². The minimum atomic E-state index is -3.16. The molecule has 0 aliphatic rings. The van der Waals surface area contributed by atoms with Gasteiger partial charge >= 0.3 is 6.09 Å². The zero-order valence-corrected chi connectivity index (χ0v) is 20.9. The highest BCUT2D eigenvalue weighted by Crippen LogP contribution is 2.17. The Kier molecular flexibility index (Phi) is 12.3. The summed E-state index contributed by atoms with van der Waals surface area (Å²) in [5, 5.41) is 9.41. The van der Waals surface area contributed by atoms with Gasteiger partial charge in [-0.05, 0) is 53.9 Å². The molecule has 0 aromatic carbocycles. The van der Waals surface area contributed by atoms with E-state index in [0.717, 1.165) is 0 Å². The van der Waals surface area contributed by atoms with Gasteiger partial charge in [-0.15, -0.1) is 0 Å². The van der Waals surface area contributed by atoms with Gasteiger partial charge in [-0.1, -0.05) is 13.8 Å². The number of nitrogens with zero attached hydrogens (tertiary/aromatic N) is 2. The van der Waals surface area contributed by atoms with Crippen LogP contribution in [0.4, 0.5) is 4.79 Å². The second kappa shape index (κ2) is 13.0. The lowest BCUT2D eigenvalue weighted by molar-refractivity contribution is 0.0452. The van der Waals surface area contributed by atoms with Gasteiger partial charge in [0.15, 0.2) is 5.96 Å². The molecule has 10 heteroatoms. The number of ether oxygens (including phenoxy) is 1. The van der Waals surface area contributed by atoms with Crippen LogP contribution < -0.4 is 16.0 Å². The van der Waals surface area contributed by atoms with Crippen LogP contribution in [0.5, 0.6) is 0 Å². The summed E-state index contributed by atoms with van der Waals surface area (Å²) in [7, 11) is -1.57. The lowest BCUT2D eigenvalue weighted by Crippen LogP contribution is -2.52. The van der Waals surface area contributed by atoms with Crippen molar-refractivity contribution in [3.63, 3.8) is 0 Å². The first-order valence-electron chi connectivity index (χ1n) is 10.8. The number of carbonyl (C=O) groups excluding carboxylic acids is 1. The molecule has 30 heavy (non-hydrogen) atoms. The maximum absolute atomic E-state index is 12.3. The number of nitrogens with one attached hydrogen (secondary N) is 3. The van der Waals surface area contributed by atoms with Crippen LogP contribution in [0.15, 0.2) is 4.99 Å². The number of guanidine groups is 1. The Balaban J connectivity index is 4.94. The predicted octanol–water partition coefficient (Wildman–Crippen LogP) is 2.30. The fourth-order valence-electron chi connectivity index (χ4n) is 2.65. The second-order valence-electron chi connectivity index (χ2n) is 8.31. The van der Waals surface area contributed by atoms with Crippen molar-refractivity contribution in [1.82, 2.24) is 20.3 Å². The molecule has 0 unspecified atom stereocenters. The largest absolute Gasteiger partial charge is 0.444 e. The second-order valence-corrected chi connectivity index (χ2v) is 10.7. The smallest absolute Gasteiger partial charge is 0.408 e. The minimum Gasteiger partial charge on any atom is -0.444 e. The molecule has 0 heterocycles. The van der Waals surface area contributed by atoms with E-state index in [0.29, 0.717) is 51.4 Å². The molecule has 1 amide bonds. The third kappa shape index (κ3) is 11.0. The lowest BCUT2D eigenvalue weighted by atomic mass is 9.93. The zero-order valence-electron chi connectivity index (χ0n) is 20.1. The van der Waals surface area contributed by atoms with E-state index >= 15 is 0 Å². The molecule has 0 aromatic heterocycles. The standard InChI is InChI=1S/C20H43N5O4S/c1-9-20(10-2,24-18(26)29-19(5,6)7)16-23-17(21-11-3)22-14-13-15-25(8)30(27,28)12-4/h9-16H2,1-8H3,(H,24,26)(H2,21,22,23). The van der Waals surface area contributed by atoms with Crippen molar-refractivity contribution in [1.29, 1.82) is 0 Å².